The molecule has 0 aromatic carbocycles. The lowest BCUT2D eigenvalue weighted by atomic mass is 10.1. The molecular weight excluding hydrogens is 368 g/mol. The van der Waals surface area contributed by atoms with E-state index in [2.05, 4.69) is 15.0 Å². The highest BCUT2D eigenvalue weighted by molar-refractivity contribution is 7.88. The van der Waals surface area contributed by atoms with E-state index in [4.69, 9.17) is 0 Å². The Labute approximate surface area is 159 Å². The Bertz CT molecular complexity index is 805. The number of rotatable bonds is 7. The quantitative estimate of drug-likeness (QED) is 0.702. The standard InChI is InChI=1S/C18H26N4O4S/c1-27(25,26)21-10-13-6-7-19-15(8-13)11-20-18(24)14-9-17(23)22(12-14)16-4-2-3-5-16/h6-8,14,16,21H,2-5,9-12H2,1H3,(H,20,24). The number of nitrogens with zero attached hydrogens (tertiary/aromatic N) is 2. The van der Waals surface area contributed by atoms with Crippen molar-refractivity contribution in [2.45, 2.75) is 51.2 Å². The molecule has 148 valence electrons. The third-order valence-corrected chi connectivity index (χ3v) is 5.83. The summed E-state index contributed by atoms with van der Waals surface area (Å²) in [6.07, 6.45) is 7.35. The van der Waals surface area contributed by atoms with Crippen LogP contribution in [0.5, 0.6) is 0 Å². The minimum absolute atomic E-state index is 0.0778. The topological polar surface area (TPSA) is 108 Å². The fraction of sp³-hybridized carbons (Fsp3) is 0.611. The van der Waals surface area contributed by atoms with Crippen LogP contribution in [-0.2, 0) is 32.7 Å². The Kier molecular flexibility index (Phi) is 6.11. The summed E-state index contributed by atoms with van der Waals surface area (Å²) in [6.45, 7) is 0.927. The number of amides is 2. The maximum Gasteiger partial charge on any atom is 0.225 e. The van der Waals surface area contributed by atoms with Crippen LogP contribution in [0.25, 0.3) is 0 Å². The first kappa shape index (κ1) is 19.8. The van der Waals surface area contributed by atoms with Crippen molar-refractivity contribution in [3.63, 3.8) is 0 Å². The van der Waals surface area contributed by atoms with Crippen LogP contribution in [0, 0.1) is 5.92 Å². The maximum atomic E-state index is 12.5. The van der Waals surface area contributed by atoms with Crippen molar-refractivity contribution in [2.75, 3.05) is 12.8 Å². The van der Waals surface area contributed by atoms with E-state index >= 15 is 0 Å². The number of carbonyl (C=O) groups excluding carboxylic acids is 2. The third-order valence-electron chi connectivity index (χ3n) is 5.16. The zero-order valence-electron chi connectivity index (χ0n) is 15.5. The molecule has 8 nitrogen and oxygen atoms in total. The van der Waals surface area contributed by atoms with Crippen molar-refractivity contribution in [2.24, 2.45) is 5.92 Å². The third kappa shape index (κ3) is 5.49. The predicted molar refractivity (Wildman–Crippen MR) is 99.8 cm³/mol. The van der Waals surface area contributed by atoms with Gasteiger partial charge in [0.1, 0.15) is 0 Å². The number of nitrogens with one attached hydrogen (secondary N) is 2. The Morgan fingerprint density at radius 2 is 2.04 bits per heavy atom. The summed E-state index contributed by atoms with van der Waals surface area (Å²) in [4.78, 5) is 30.8. The number of carbonyl (C=O) groups is 2. The van der Waals surface area contributed by atoms with Crippen molar-refractivity contribution in [1.82, 2.24) is 19.9 Å². The lowest BCUT2D eigenvalue weighted by Crippen LogP contribution is -2.36. The summed E-state index contributed by atoms with van der Waals surface area (Å²) in [5, 5.41) is 2.85. The first-order chi connectivity index (χ1) is 12.8. The highest BCUT2D eigenvalue weighted by Gasteiger charge is 2.38. The molecule has 1 aliphatic carbocycles. The lowest BCUT2D eigenvalue weighted by molar-refractivity contribution is -0.130. The van der Waals surface area contributed by atoms with Gasteiger partial charge in [0.15, 0.2) is 0 Å². The van der Waals surface area contributed by atoms with Gasteiger partial charge in [-0.3, -0.25) is 14.6 Å². The molecule has 0 spiro atoms. The normalized spacial score (nSPS) is 21.0. The van der Waals surface area contributed by atoms with Crippen LogP contribution in [0.15, 0.2) is 18.3 Å². The van der Waals surface area contributed by atoms with Gasteiger partial charge < -0.3 is 10.2 Å². The number of hydrogen-bond donors (Lipinski definition) is 2. The van der Waals surface area contributed by atoms with Gasteiger partial charge in [0.05, 0.1) is 24.4 Å². The van der Waals surface area contributed by atoms with Crippen molar-refractivity contribution >= 4 is 21.8 Å². The maximum absolute atomic E-state index is 12.5. The first-order valence-corrected chi connectivity index (χ1v) is 11.2. The van der Waals surface area contributed by atoms with Crippen LogP contribution in [0.2, 0.25) is 0 Å². The van der Waals surface area contributed by atoms with Gasteiger partial charge in [-0.25, -0.2) is 13.1 Å². The van der Waals surface area contributed by atoms with E-state index in [0.717, 1.165) is 37.5 Å². The molecule has 2 heterocycles. The summed E-state index contributed by atoms with van der Waals surface area (Å²) < 4.78 is 24.8. The van der Waals surface area contributed by atoms with Crippen LogP contribution in [0.1, 0.15) is 43.4 Å². The summed E-state index contributed by atoms with van der Waals surface area (Å²) >= 11 is 0. The van der Waals surface area contributed by atoms with Crippen LogP contribution in [0.3, 0.4) is 0 Å². The second kappa shape index (κ2) is 8.35. The van der Waals surface area contributed by atoms with Gasteiger partial charge in [-0.15, -0.1) is 0 Å². The number of hydrogen-bond acceptors (Lipinski definition) is 5. The second-order valence-electron chi connectivity index (χ2n) is 7.35. The van der Waals surface area contributed by atoms with E-state index in [-0.39, 0.29) is 37.2 Å². The monoisotopic (exact) mass is 394 g/mol. The molecule has 9 heteroatoms. The molecule has 1 aromatic heterocycles. The van der Waals surface area contributed by atoms with Gasteiger partial charge in [-0.1, -0.05) is 12.8 Å². The smallest absolute Gasteiger partial charge is 0.225 e. The predicted octanol–water partition coefficient (Wildman–Crippen LogP) is 0.538. The van der Waals surface area contributed by atoms with E-state index < -0.39 is 10.0 Å². The zero-order chi connectivity index (χ0) is 19.4. The minimum Gasteiger partial charge on any atom is -0.350 e. The first-order valence-electron chi connectivity index (χ1n) is 9.27. The highest BCUT2D eigenvalue weighted by atomic mass is 32.2. The fourth-order valence-corrected chi connectivity index (χ4v) is 4.18. The molecule has 2 fully saturated rings. The van der Waals surface area contributed by atoms with Gasteiger partial charge in [0, 0.05) is 31.7 Å². The molecule has 1 saturated carbocycles. The fourth-order valence-electron chi connectivity index (χ4n) is 3.75. The zero-order valence-corrected chi connectivity index (χ0v) is 16.3. The summed E-state index contributed by atoms with van der Waals surface area (Å²) in [6, 6.07) is 3.78. The minimum atomic E-state index is -3.27. The number of sulfonamides is 1. The SMILES string of the molecule is CS(=O)(=O)NCc1ccnc(CNC(=O)C2CC(=O)N(C3CCCC3)C2)c1. The molecule has 2 amide bonds. The Balaban J connectivity index is 1.51. The molecular formula is C18H26N4O4S. The van der Waals surface area contributed by atoms with Gasteiger partial charge in [-0.05, 0) is 30.5 Å². The average Bonchev–Trinajstić information content (AvgIpc) is 3.27. The molecule has 1 atom stereocenters. The van der Waals surface area contributed by atoms with Gasteiger partial charge in [0.25, 0.3) is 0 Å². The number of likely N-dealkylation sites (tertiary alicyclic amines) is 1. The largest absolute Gasteiger partial charge is 0.350 e. The van der Waals surface area contributed by atoms with Crippen molar-refractivity contribution < 1.29 is 18.0 Å². The van der Waals surface area contributed by atoms with E-state index in [1.807, 2.05) is 4.90 Å². The molecule has 1 saturated heterocycles. The van der Waals surface area contributed by atoms with Crippen LogP contribution in [0.4, 0.5) is 0 Å². The van der Waals surface area contributed by atoms with Crippen molar-refractivity contribution in [3.8, 4) is 0 Å². The Hall–Kier alpha value is -2.00. The van der Waals surface area contributed by atoms with Crippen molar-refractivity contribution in [3.05, 3.63) is 29.6 Å². The van der Waals surface area contributed by atoms with E-state index in [1.54, 1.807) is 18.3 Å². The van der Waals surface area contributed by atoms with Gasteiger partial charge >= 0.3 is 0 Å². The molecule has 1 aliphatic heterocycles. The molecule has 2 aliphatic rings. The molecule has 1 unspecified atom stereocenters. The van der Waals surface area contributed by atoms with Crippen molar-refractivity contribution in [1.29, 1.82) is 0 Å². The average molecular weight is 394 g/mol. The van der Waals surface area contributed by atoms with Crippen LogP contribution < -0.4 is 10.0 Å². The second-order valence-corrected chi connectivity index (χ2v) is 9.18. The number of aromatic nitrogens is 1. The van der Waals surface area contributed by atoms with E-state index in [9.17, 15) is 18.0 Å². The molecule has 0 radical (unpaired) electrons. The molecule has 1 aromatic rings. The molecule has 0 bridgehead atoms. The van der Waals surface area contributed by atoms with Crippen LogP contribution in [-0.4, -0.2) is 49.0 Å². The Morgan fingerprint density at radius 1 is 1.30 bits per heavy atom. The summed E-state index contributed by atoms with van der Waals surface area (Å²) in [7, 11) is -3.27. The molecule has 3 rings (SSSR count). The van der Waals surface area contributed by atoms with E-state index in [0.29, 0.717) is 18.3 Å². The summed E-state index contributed by atoms with van der Waals surface area (Å²) in [5.41, 5.74) is 1.41. The number of pyridine rings is 1. The van der Waals surface area contributed by atoms with Gasteiger partial charge in [0.2, 0.25) is 21.8 Å². The molecule has 27 heavy (non-hydrogen) atoms. The summed E-state index contributed by atoms with van der Waals surface area (Å²) in [5.74, 6) is -0.368. The van der Waals surface area contributed by atoms with Gasteiger partial charge in [-0.2, -0.15) is 0 Å². The van der Waals surface area contributed by atoms with Crippen LogP contribution >= 0.6 is 0 Å². The Morgan fingerprint density at radius 3 is 2.74 bits per heavy atom. The highest BCUT2D eigenvalue weighted by Crippen LogP contribution is 2.29. The molecule has 2 N–H and O–H groups in total. The van der Waals surface area contributed by atoms with E-state index in [1.165, 1.54) is 0 Å². The lowest BCUT2D eigenvalue weighted by Gasteiger charge is -2.23.